The molecule has 150 valence electrons. The summed E-state index contributed by atoms with van der Waals surface area (Å²) in [6.07, 6.45) is -0.320. The molecule has 1 aliphatic rings. The standard InChI is InChI=1S/C18H18F2N2O5S/c1-12-4-2-3-5-14(12)17-11-21(8-9-27-17)15-7-6-13(10-16(15)22(23)24)28(25,26)18(19)20/h2-7,10,17-18H,8-9,11H2,1H3. The van der Waals surface area contributed by atoms with Gasteiger partial charge >= 0.3 is 5.76 Å². The number of aryl methyl sites for hydroxylation is 1. The van der Waals surface area contributed by atoms with Crippen molar-refractivity contribution >= 4 is 21.2 Å². The minimum Gasteiger partial charge on any atom is -0.370 e. The first kappa shape index (κ1) is 20.2. The monoisotopic (exact) mass is 412 g/mol. The highest BCUT2D eigenvalue weighted by molar-refractivity contribution is 7.91. The van der Waals surface area contributed by atoms with Gasteiger partial charge in [-0.05, 0) is 30.2 Å². The molecule has 1 atom stereocenters. The van der Waals surface area contributed by atoms with Gasteiger partial charge in [0.05, 0.1) is 16.4 Å². The van der Waals surface area contributed by atoms with Crippen LogP contribution in [0.5, 0.6) is 0 Å². The Morgan fingerprint density at radius 2 is 1.96 bits per heavy atom. The van der Waals surface area contributed by atoms with E-state index >= 15 is 0 Å². The normalized spacial score (nSPS) is 17.7. The van der Waals surface area contributed by atoms with E-state index in [0.29, 0.717) is 25.8 Å². The highest BCUT2D eigenvalue weighted by Gasteiger charge is 2.32. The van der Waals surface area contributed by atoms with Crippen LogP contribution in [0.3, 0.4) is 0 Å². The third-order valence-electron chi connectivity index (χ3n) is 4.65. The van der Waals surface area contributed by atoms with E-state index in [-0.39, 0.29) is 11.8 Å². The Kier molecular flexibility index (Phi) is 5.61. The molecule has 1 unspecified atom stereocenters. The Labute approximate surface area is 160 Å². The van der Waals surface area contributed by atoms with Crippen LogP contribution < -0.4 is 4.90 Å². The predicted octanol–water partition coefficient (Wildman–Crippen LogP) is 3.48. The van der Waals surface area contributed by atoms with Crippen molar-refractivity contribution in [3.8, 4) is 0 Å². The quantitative estimate of drug-likeness (QED) is 0.552. The zero-order valence-corrected chi connectivity index (χ0v) is 15.7. The van der Waals surface area contributed by atoms with Crippen molar-refractivity contribution in [2.45, 2.75) is 23.7 Å². The van der Waals surface area contributed by atoms with Crippen LogP contribution in [0.4, 0.5) is 20.2 Å². The van der Waals surface area contributed by atoms with Crippen LogP contribution in [0.15, 0.2) is 47.4 Å². The van der Waals surface area contributed by atoms with Crippen LogP contribution >= 0.6 is 0 Å². The number of halogens is 2. The second-order valence-corrected chi connectivity index (χ2v) is 8.29. The zero-order chi connectivity index (χ0) is 20.5. The molecule has 0 radical (unpaired) electrons. The summed E-state index contributed by atoms with van der Waals surface area (Å²) in [5.41, 5.74) is 1.60. The number of hydrogen-bond acceptors (Lipinski definition) is 6. The van der Waals surface area contributed by atoms with Crippen LogP contribution in [-0.2, 0) is 14.6 Å². The molecule has 28 heavy (non-hydrogen) atoms. The summed E-state index contributed by atoms with van der Waals surface area (Å²) in [6, 6.07) is 10.5. The number of hydrogen-bond donors (Lipinski definition) is 0. The van der Waals surface area contributed by atoms with E-state index in [1.165, 1.54) is 6.07 Å². The smallest absolute Gasteiger partial charge is 0.341 e. The van der Waals surface area contributed by atoms with Crippen LogP contribution in [0.1, 0.15) is 17.2 Å². The predicted molar refractivity (Wildman–Crippen MR) is 98.4 cm³/mol. The van der Waals surface area contributed by atoms with E-state index in [9.17, 15) is 27.3 Å². The van der Waals surface area contributed by atoms with Crippen LogP contribution in [0.2, 0.25) is 0 Å². The molecule has 1 saturated heterocycles. The average Bonchev–Trinajstić information content (AvgIpc) is 2.67. The summed E-state index contributed by atoms with van der Waals surface area (Å²) in [5.74, 6) is -3.65. The number of morpholine rings is 1. The Morgan fingerprint density at radius 3 is 2.61 bits per heavy atom. The maximum atomic E-state index is 12.8. The minimum atomic E-state index is -4.92. The summed E-state index contributed by atoms with van der Waals surface area (Å²) in [6.45, 7) is 2.91. The maximum Gasteiger partial charge on any atom is 0.341 e. The largest absolute Gasteiger partial charge is 0.370 e. The maximum absolute atomic E-state index is 12.8. The van der Waals surface area contributed by atoms with Crippen molar-refractivity contribution in [1.29, 1.82) is 0 Å². The van der Waals surface area contributed by atoms with Crippen molar-refractivity contribution in [3.63, 3.8) is 0 Å². The second-order valence-electron chi connectivity index (χ2n) is 6.38. The van der Waals surface area contributed by atoms with Crippen molar-refractivity contribution in [2.75, 3.05) is 24.6 Å². The molecule has 0 aromatic heterocycles. The molecule has 0 spiro atoms. The molecule has 1 aliphatic heterocycles. The molecule has 0 saturated carbocycles. The fourth-order valence-electron chi connectivity index (χ4n) is 3.20. The van der Waals surface area contributed by atoms with Gasteiger partial charge in [-0.15, -0.1) is 0 Å². The summed E-state index contributed by atoms with van der Waals surface area (Å²) in [4.78, 5) is 11.6. The molecule has 0 bridgehead atoms. The molecular weight excluding hydrogens is 394 g/mol. The van der Waals surface area contributed by atoms with Crippen molar-refractivity contribution in [1.82, 2.24) is 0 Å². The highest BCUT2D eigenvalue weighted by Crippen LogP contribution is 2.35. The van der Waals surface area contributed by atoms with Gasteiger partial charge in [-0.25, -0.2) is 8.42 Å². The van der Waals surface area contributed by atoms with E-state index in [2.05, 4.69) is 0 Å². The van der Waals surface area contributed by atoms with Crippen LogP contribution in [0, 0.1) is 17.0 Å². The molecule has 1 fully saturated rings. The Morgan fingerprint density at radius 1 is 1.25 bits per heavy atom. The van der Waals surface area contributed by atoms with E-state index in [1.54, 1.807) is 4.90 Å². The molecule has 0 aliphatic carbocycles. The summed E-state index contributed by atoms with van der Waals surface area (Å²) in [5, 5.41) is 11.5. The van der Waals surface area contributed by atoms with Gasteiger partial charge in [0.15, 0.2) is 0 Å². The van der Waals surface area contributed by atoms with Gasteiger partial charge in [0.25, 0.3) is 5.69 Å². The molecule has 0 N–H and O–H groups in total. The number of alkyl halides is 2. The number of nitrogens with zero attached hydrogens (tertiary/aromatic N) is 2. The Bertz CT molecular complexity index is 997. The zero-order valence-electron chi connectivity index (χ0n) is 14.9. The lowest BCUT2D eigenvalue weighted by molar-refractivity contribution is -0.384. The lowest BCUT2D eigenvalue weighted by Gasteiger charge is -2.35. The van der Waals surface area contributed by atoms with E-state index in [4.69, 9.17) is 4.74 Å². The summed E-state index contributed by atoms with van der Waals surface area (Å²) in [7, 11) is -4.92. The first-order chi connectivity index (χ1) is 13.2. The van der Waals surface area contributed by atoms with Crippen LogP contribution in [0.25, 0.3) is 0 Å². The van der Waals surface area contributed by atoms with Gasteiger partial charge in [0, 0.05) is 19.2 Å². The van der Waals surface area contributed by atoms with Gasteiger partial charge in [0.2, 0.25) is 9.84 Å². The minimum absolute atomic E-state index is 0.167. The fraction of sp³-hybridized carbons (Fsp3) is 0.333. The SMILES string of the molecule is Cc1ccccc1C1CN(c2ccc(S(=O)(=O)C(F)F)cc2[N+](=O)[O-])CCO1. The first-order valence-electron chi connectivity index (χ1n) is 8.44. The number of rotatable bonds is 5. The molecule has 1 heterocycles. The first-order valence-corrected chi connectivity index (χ1v) is 9.99. The molecule has 7 nitrogen and oxygen atoms in total. The molecule has 3 rings (SSSR count). The highest BCUT2D eigenvalue weighted by atomic mass is 32.2. The third-order valence-corrected chi connectivity index (χ3v) is 6.03. The molecule has 2 aromatic rings. The van der Waals surface area contributed by atoms with Gasteiger partial charge in [-0.1, -0.05) is 24.3 Å². The number of anilines is 1. The number of sulfone groups is 1. The second kappa shape index (κ2) is 7.80. The Hall–Kier alpha value is -2.59. The van der Waals surface area contributed by atoms with Crippen molar-refractivity contribution in [3.05, 3.63) is 63.7 Å². The van der Waals surface area contributed by atoms with Gasteiger partial charge < -0.3 is 9.64 Å². The number of benzene rings is 2. The average molecular weight is 412 g/mol. The Balaban J connectivity index is 1.96. The lowest BCUT2D eigenvalue weighted by atomic mass is 10.0. The van der Waals surface area contributed by atoms with E-state index in [0.717, 1.165) is 17.2 Å². The fourth-order valence-corrected chi connectivity index (χ4v) is 3.94. The molecular formula is C18H18F2N2O5S. The third kappa shape index (κ3) is 3.83. The topological polar surface area (TPSA) is 89.8 Å². The molecule has 0 amide bonds. The van der Waals surface area contributed by atoms with Gasteiger partial charge in [0.1, 0.15) is 11.8 Å². The van der Waals surface area contributed by atoms with Crippen molar-refractivity contribution in [2.24, 2.45) is 0 Å². The number of nitro benzene ring substituents is 1. The number of nitro groups is 1. The lowest BCUT2D eigenvalue weighted by Crippen LogP contribution is -2.39. The van der Waals surface area contributed by atoms with Crippen LogP contribution in [-0.4, -0.2) is 38.8 Å². The van der Waals surface area contributed by atoms with Crippen molar-refractivity contribution < 1.29 is 26.9 Å². The summed E-state index contributed by atoms with van der Waals surface area (Å²) < 4.78 is 54.7. The van der Waals surface area contributed by atoms with Gasteiger partial charge in [-0.3, -0.25) is 10.1 Å². The van der Waals surface area contributed by atoms with Gasteiger partial charge in [-0.2, -0.15) is 8.78 Å². The summed E-state index contributed by atoms with van der Waals surface area (Å²) >= 11 is 0. The molecule has 2 aromatic carbocycles. The molecule has 10 heteroatoms. The van der Waals surface area contributed by atoms with E-state index in [1.807, 2.05) is 31.2 Å². The van der Waals surface area contributed by atoms with E-state index < -0.39 is 31.1 Å². The number of ether oxygens (including phenoxy) is 1.